The van der Waals surface area contributed by atoms with E-state index in [4.69, 9.17) is 9.29 Å². The second kappa shape index (κ2) is 7.13. The molecule has 122 valence electrons. The van der Waals surface area contributed by atoms with E-state index in [1.165, 1.54) is 6.92 Å². The molecule has 11 heteroatoms. The van der Waals surface area contributed by atoms with Crippen molar-refractivity contribution in [3.05, 3.63) is 37.9 Å². The highest BCUT2D eigenvalue weighted by Gasteiger charge is 2.26. The number of hydrogen-bond acceptors (Lipinski definition) is 7. The van der Waals surface area contributed by atoms with Gasteiger partial charge in [0.2, 0.25) is 0 Å². The summed E-state index contributed by atoms with van der Waals surface area (Å²) < 4.78 is 34.9. The van der Waals surface area contributed by atoms with Crippen molar-refractivity contribution in [2.75, 3.05) is 12.4 Å². The molecule has 0 fully saturated rings. The van der Waals surface area contributed by atoms with Gasteiger partial charge in [0.05, 0.1) is 28.3 Å². The Morgan fingerprint density at radius 3 is 2.18 bits per heavy atom. The molecule has 0 aliphatic rings. The Morgan fingerprint density at radius 2 is 1.68 bits per heavy atom. The minimum Gasteiger partial charge on any atom is -0.493 e. The summed E-state index contributed by atoms with van der Waals surface area (Å²) >= 11 is 0. The molecule has 0 aliphatic heterocycles. The lowest BCUT2D eigenvalue weighted by molar-refractivity contribution is -0.422. The lowest BCUT2D eigenvalue weighted by Crippen LogP contribution is -2.07. The van der Waals surface area contributed by atoms with Crippen LogP contribution in [0.25, 0.3) is 0 Å². The van der Waals surface area contributed by atoms with Crippen LogP contribution in [0.1, 0.15) is 18.4 Å². The molecule has 0 amide bonds. The van der Waals surface area contributed by atoms with E-state index in [0.717, 1.165) is 12.1 Å². The summed E-state index contributed by atoms with van der Waals surface area (Å²) in [6.07, 6.45) is 0.455. The Hall–Kier alpha value is -2.27. The summed E-state index contributed by atoms with van der Waals surface area (Å²) in [6.45, 7) is 1.57. The molecular formula is C11H14N2O8S. The zero-order valence-corrected chi connectivity index (χ0v) is 12.4. The van der Waals surface area contributed by atoms with Gasteiger partial charge in [0, 0.05) is 6.07 Å². The molecule has 1 rings (SSSR count). The van der Waals surface area contributed by atoms with E-state index >= 15 is 0 Å². The summed E-state index contributed by atoms with van der Waals surface area (Å²) in [4.78, 5) is 19.9. The van der Waals surface area contributed by atoms with E-state index in [-0.39, 0.29) is 18.8 Å². The van der Waals surface area contributed by atoms with E-state index in [1.54, 1.807) is 0 Å². The van der Waals surface area contributed by atoms with Crippen LogP contribution in [-0.4, -0.2) is 35.2 Å². The van der Waals surface area contributed by atoms with Crippen molar-refractivity contribution in [2.24, 2.45) is 0 Å². The van der Waals surface area contributed by atoms with Crippen LogP contribution in [0.3, 0.4) is 0 Å². The van der Waals surface area contributed by atoms with Crippen LogP contribution in [0.5, 0.6) is 5.75 Å². The summed E-state index contributed by atoms with van der Waals surface area (Å²) in [7, 11) is -4.03. The summed E-state index contributed by atoms with van der Waals surface area (Å²) in [6, 6.07) is 2.02. The van der Waals surface area contributed by atoms with Crippen LogP contribution in [0.2, 0.25) is 0 Å². The molecule has 1 aromatic rings. The first kappa shape index (κ1) is 17.8. The van der Waals surface area contributed by atoms with Crippen molar-refractivity contribution in [1.82, 2.24) is 0 Å². The van der Waals surface area contributed by atoms with Gasteiger partial charge in [-0.15, -0.1) is 0 Å². The number of rotatable bonds is 8. The van der Waals surface area contributed by atoms with E-state index in [1.807, 2.05) is 0 Å². The third-order valence-electron chi connectivity index (χ3n) is 2.72. The zero-order valence-electron chi connectivity index (χ0n) is 11.6. The number of benzene rings is 1. The first-order valence-corrected chi connectivity index (χ1v) is 7.74. The fourth-order valence-corrected chi connectivity index (χ4v) is 2.25. The number of nitrogens with zero attached hydrogens (tertiary/aromatic N) is 2. The highest BCUT2D eigenvalue weighted by Crippen LogP contribution is 2.33. The molecule has 0 bridgehead atoms. The molecule has 22 heavy (non-hydrogen) atoms. The Kier molecular flexibility index (Phi) is 5.77. The van der Waals surface area contributed by atoms with Crippen molar-refractivity contribution in [3.8, 4) is 5.75 Å². The van der Waals surface area contributed by atoms with Gasteiger partial charge in [-0.3, -0.25) is 24.8 Å². The fraction of sp³-hybridized carbons (Fsp3) is 0.455. The van der Waals surface area contributed by atoms with Crippen molar-refractivity contribution >= 4 is 21.5 Å². The van der Waals surface area contributed by atoms with E-state index in [2.05, 4.69) is 0 Å². The van der Waals surface area contributed by atoms with Crippen LogP contribution in [0.15, 0.2) is 12.1 Å². The fourth-order valence-electron chi connectivity index (χ4n) is 1.68. The van der Waals surface area contributed by atoms with Crippen molar-refractivity contribution in [1.29, 1.82) is 0 Å². The number of nitro benzene ring substituents is 2. The van der Waals surface area contributed by atoms with Gasteiger partial charge in [0.1, 0.15) is 5.75 Å². The molecule has 0 aliphatic carbocycles. The van der Waals surface area contributed by atoms with Gasteiger partial charge in [-0.05, 0) is 25.3 Å². The molecule has 1 aromatic carbocycles. The molecule has 1 N–H and O–H groups in total. The van der Waals surface area contributed by atoms with E-state index in [9.17, 15) is 28.6 Å². The van der Waals surface area contributed by atoms with Gasteiger partial charge >= 0.3 is 11.4 Å². The summed E-state index contributed by atoms with van der Waals surface area (Å²) in [5.41, 5.74) is -0.947. The van der Waals surface area contributed by atoms with E-state index in [0.29, 0.717) is 12.0 Å². The summed E-state index contributed by atoms with van der Waals surface area (Å²) in [5.74, 6) is -0.292. The van der Waals surface area contributed by atoms with Gasteiger partial charge in [0.15, 0.2) is 0 Å². The predicted molar refractivity (Wildman–Crippen MR) is 75.6 cm³/mol. The average Bonchev–Trinajstić information content (AvgIpc) is 2.37. The number of aryl methyl sites for hydroxylation is 1. The second-order valence-corrected chi connectivity index (χ2v) is 6.03. The lowest BCUT2D eigenvalue weighted by atomic mass is 10.1. The van der Waals surface area contributed by atoms with Crippen LogP contribution in [-0.2, 0) is 10.1 Å². The number of hydrogen-bond donors (Lipinski definition) is 1. The van der Waals surface area contributed by atoms with Gasteiger partial charge < -0.3 is 4.74 Å². The topological polar surface area (TPSA) is 150 Å². The van der Waals surface area contributed by atoms with Crippen LogP contribution >= 0.6 is 0 Å². The molecule has 0 atom stereocenters. The van der Waals surface area contributed by atoms with Gasteiger partial charge in [0.25, 0.3) is 10.1 Å². The molecule has 0 unspecified atom stereocenters. The number of ether oxygens (including phenoxy) is 1. The number of unbranched alkanes of at least 4 members (excludes halogenated alkanes) is 1. The maximum atomic E-state index is 10.8. The van der Waals surface area contributed by atoms with Crippen molar-refractivity contribution < 1.29 is 27.6 Å². The predicted octanol–water partition coefficient (Wildman–Crippen LogP) is 1.86. The molecular weight excluding hydrogens is 320 g/mol. The lowest BCUT2D eigenvalue weighted by Gasteiger charge is -2.08. The SMILES string of the molecule is Cc1cc([N+](=O)[O-])c([N+](=O)[O-])cc1OCCCCS(=O)(=O)O. The third kappa shape index (κ3) is 5.26. The minimum atomic E-state index is -4.03. The molecule has 0 saturated heterocycles. The third-order valence-corrected chi connectivity index (χ3v) is 3.52. The molecule has 0 spiro atoms. The average molecular weight is 334 g/mol. The smallest absolute Gasteiger partial charge is 0.349 e. The van der Waals surface area contributed by atoms with Crippen LogP contribution < -0.4 is 4.74 Å². The minimum absolute atomic E-state index is 0.0608. The molecule has 0 heterocycles. The first-order valence-electron chi connectivity index (χ1n) is 6.13. The normalized spacial score (nSPS) is 11.2. The Bertz CT molecular complexity index is 686. The standard InChI is InChI=1S/C11H14N2O8S/c1-8-6-9(12(14)15)10(13(16)17)7-11(8)21-4-2-3-5-22(18,19)20/h6-7H,2-5H2,1H3,(H,18,19,20). The van der Waals surface area contributed by atoms with Crippen molar-refractivity contribution in [3.63, 3.8) is 0 Å². The molecule has 0 aromatic heterocycles. The quantitative estimate of drug-likeness (QED) is 0.327. The largest absolute Gasteiger partial charge is 0.493 e. The van der Waals surface area contributed by atoms with E-state index < -0.39 is 37.1 Å². The van der Waals surface area contributed by atoms with Crippen molar-refractivity contribution in [2.45, 2.75) is 19.8 Å². The highest BCUT2D eigenvalue weighted by atomic mass is 32.2. The molecule has 0 radical (unpaired) electrons. The number of nitro groups is 2. The van der Waals surface area contributed by atoms with Gasteiger partial charge in [-0.2, -0.15) is 8.42 Å². The molecule has 10 nitrogen and oxygen atoms in total. The maximum absolute atomic E-state index is 10.8. The monoisotopic (exact) mass is 334 g/mol. The van der Waals surface area contributed by atoms with Crippen LogP contribution in [0, 0.1) is 27.2 Å². The van der Waals surface area contributed by atoms with Crippen LogP contribution in [0.4, 0.5) is 11.4 Å². The van der Waals surface area contributed by atoms with Gasteiger partial charge in [-0.1, -0.05) is 0 Å². The second-order valence-electron chi connectivity index (χ2n) is 4.46. The van der Waals surface area contributed by atoms with Gasteiger partial charge in [-0.25, -0.2) is 0 Å². The first-order chi connectivity index (χ1) is 10.1. The Morgan fingerprint density at radius 1 is 1.14 bits per heavy atom. The Labute approximate surface area is 125 Å². The highest BCUT2D eigenvalue weighted by molar-refractivity contribution is 7.85. The molecule has 0 saturated carbocycles. The Balaban J connectivity index is 2.77. The summed E-state index contributed by atoms with van der Waals surface area (Å²) in [5, 5.41) is 21.6. The maximum Gasteiger partial charge on any atom is 0.349 e. The zero-order chi connectivity index (χ0) is 16.9.